The smallest absolute Gasteiger partial charge is 0.0990 e. The predicted molar refractivity (Wildman–Crippen MR) is 76.5 cm³/mol. The van der Waals surface area contributed by atoms with Crippen LogP contribution >= 0.6 is 0 Å². The molecule has 21 heavy (non-hydrogen) atoms. The third kappa shape index (κ3) is 3.58. The van der Waals surface area contributed by atoms with E-state index in [0.717, 1.165) is 25.3 Å². The zero-order valence-corrected chi connectivity index (χ0v) is 12.6. The van der Waals surface area contributed by atoms with Crippen LogP contribution in [-0.2, 0) is 13.1 Å². The van der Waals surface area contributed by atoms with Crippen LogP contribution in [0.4, 0.5) is 0 Å². The van der Waals surface area contributed by atoms with Crippen LogP contribution in [-0.4, -0.2) is 79.2 Å². The van der Waals surface area contributed by atoms with Crippen molar-refractivity contribution < 1.29 is 15.3 Å². The van der Waals surface area contributed by atoms with E-state index in [4.69, 9.17) is 5.11 Å². The van der Waals surface area contributed by atoms with Crippen LogP contribution in [0.3, 0.4) is 0 Å². The molecule has 8 nitrogen and oxygen atoms in total. The van der Waals surface area contributed by atoms with Gasteiger partial charge in [0, 0.05) is 6.54 Å². The number of aromatic nitrogens is 3. The third-order valence-corrected chi connectivity index (χ3v) is 4.15. The van der Waals surface area contributed by atoms with Gasteiger partial charge >= 0.3 is 0 Å². The van der Waals surface area contributed by atoms with Crippen molar-refractivity contribution in [2.24, 2.45) is 0 Å². The molecule has 0 saturated carbocycles. The Morgan fingerprint density at radius 3 is 2.48 bits per heavy atom. The Balaban J connectivity index is 2.02. The van der Waals surface area contributed by atoms with Crippen LogP contribution in [0.15, 0.2) is 6.20 Å². The molecule has 120 valence electrons. The van der Waals surface area contributed by atoms with Gasteiger partial charge in [-0.05, 0) is 13.1 Å². The maximum atomic E-state index is 10.0. The molecule has 0 spiro atoms. The topological polar surface area (TPSA) is 107 Å². The average Bonchev–Trinajstić information content (AvgIpc) is 3.04. The van der Waals surface area contributed by atoms with Crippen molar-refractivity contribution in [2.75, 3.05) is 19.7 Å². The van der Waals surface area contributed by atoms with E-state index < -0.39 is 18.2 Å². The van der Waals surface area contributed by atoms with Gasteiger partial charge in [-0.25, -0.2) is 4.68 Å². The fourth-order valence-corrected chi connectivity index (χ4v) is 2.69. The molecular weight excluding hydrogens is 274 g/mol. The highest BCUT2D eigenvalue weighted by molar-refractivity contribution is 5.00. The first kappa shape index (κ1) is 16.3. The Bertz CT molecular complexity index is 437. The van der Waals surface area contributed by atoms with Crippen LogP contribution in [0, 0.1) is 0 Å². The zero-order chi connectivity index (χ0) is 15.4. The standard InChI is InChI=1S/C13H25N5O3/c1-3-17(4-2)6-9-5-14-16-18(9)7-10-12(20)13(21)11(8-19)15-10/h5,10-13,15,19-21H,3-4,6-8H2,1-2H3/t10-,11-,12-,13-/m1/s1. The second kappa shape index (κ2) is 7.28. The quantitative estimate of drug-likeness (QED) is 0.469. The van der Waals surface area contributed by atoms with E-state index in [9.17, 15) is 10.2 Å². The van der Waals surface area contributed by atoms with Crippen LogP contribution in [0.25, 0.3) is 0 Å². The monoisotopic (exact) mass is 299 g/mol. The lowest BCUT2D eigenvalue weighted by molar-refractivity contribution is 0.0174. The van der Waals surface area contributed by atoms with E-state index in [2.05, 4.69) is 34.4 Å². The van der Waals surface area contributed by atoms with Gasteiger partial charge in [-0.3, -0.25) is 4.90 Å². The molecule has 0 unspecified atom stereocenters. The molecule has 0 amide bonds. The Labute approximate surface area is 124 Å². The number of rotatable bonds is 7. The van der Waals surface area contributed by atoms with Crippen LogP contribution < -0.4 is 5.32 Å². The summed E-state index contributed by atoms with van der Waals surface area (Å²) in [4.78, 5) is 2.25. The van der Waals surface area contributed by atoms with Crippen LogP contribution in [0.1, 0.15) is 19.5 Å². The molecule has 1 aliphatic rings. The van der Waals surface area contributed by atoms with Gasteiger partial charge in [-0.15, -0.1) is 5.10 Å². The highest BCUT2D eigenvalue weighted by Gasteiger charge is 2.40. The maximum Gasteiger partial charge on any atom is 0.0990 e. The summed E-state index contributed by atoms with van der Waals surface area (Å²) < 4.78 is 1.74. The minimum Gasteiger partial charge on any atom is -0.395 e. The number of hydrogen-bond donors (Lipinski definition) is 4. The van der Waals surface area contributed by atoms with Crippen LogP contribution in [0.2, 0.25) is 0 Å². The molecule has 2 heterocycles. The zero-order valence-electron chi connectivity index (χ0n) is 12.6. The normalized spacial score (nSPS) is 29.4. The van der Waals surface area contributed by atoms with Crippen molar-refractivity contribution in [3.05, 3.63) is 11.9 Å². The summed E-state index contributed by atoms with van der Waals surface area (Å²) in [6.07, 6.45) is -0.165. The number of aliphatic hydroxyl groups excluding tert-OH is 3. The van der Waals surface area contributed by atoms with Gasteiger partial charge in [0.1, 0.15) is 0 Å². The van der Waals surface area contributed by atoms with E-state index in [1.54, 1.807) is 10.9 Å². The molecule has 1 fully saturated rings. The fourth-order valence-electron chi connectivity index (χ4n) is 2.69. The van der Waals surface area contributed by atoms with Gasteiger partial charge in [0.05, 0.1) is 49.3 Å². The predicted octanol–water partition coefficient (Wildman–Crippen LogP) is -1.83. The summed E-state index contributed by atoms with van der Waals surface area (Å²) in [7, 11) is 0. The number of nitrogens with one attached hydrogen (secondary N) is 1. The molecule has 1 aromatic rings. The van der Waals surface area contributed by atoms with Crippen molar-refractivity contribution >= 4 is 0 Å². The largest absolute Gasteiger partial charge is 0.395 e. The van der Waals surface area contributed by atoms with Crippen LogP contribution in [0.5, 0.6) is 0 Å². The lowest BCUT2D eigenvalue weighted by Crippen LogP contribution is -2.39. The maximum absolute atomic E-state index is 10.0. The highest BCUT2D eigenvalue weighted by Crippen LogP contribution is 2.16. The number of hydrogen-bond acceptors (Lipinski definition) is 7. The third-order valence-electron chi connectivity index (χ3n) is 4.15. The molecular formula is C13H25N5O3. The number of aliphatic hydroxyl groups is 3. The molecule has 2 rings (SSSR count). The van der Waals surface area contributed by atoms with Gasteiger partial charge in [0.2, 0.25) is 0 Å². The minimum atomic E-state index is -0.963. The van der Waals surface area contributed by atoms with Gasteiger partial charge in [-0.2, -0.15) is 0 Å². The lowest BCUT2D eigenvalue weighted by atomic mass is 10.1. The second-order valence-electron chi connectivity index (χ2n) is 5.41. The van der Waals surface area contributed by atoms with E-state index in [1.807, 2.05) is 0 Å². The molecule has 0 aliphatic carbocycles. The Hall–Kier alpha value is -1.06. The Morgan fingerprint density at radius 2 is 1.90 bits per heavy atom. The molecule has 0 aromatic carbocycles. The number of nitrogens with zero attached hydrogens (tertiary/aromatic N) is 4. The Kier molecular flexibility index (Phi) is 5.65. The van der Waals surface area contributed by atoms with Crippen molar-refractivity contribution in [1.29, 1.82) is 0 Å². The molecule has 1 saturated heterocycles. The van der Waals surface area contributed by atoms with Crippen molar-refractivity contribution in [3.63, 3.8) is 0 Å². The molecule has 1 aromatic heterocycles. The van der Waals surface area contributed by atoms with Crippen molar-refractivity contribution in [2.45, 2.75) is 51.2 Å². The fraction of sp³-hybridized carbons (Fsp3) is 0.846. The first-order chi connectivity index (χ1) is 10.1. The second-order valence-corrected chi connectivity index (χ2v) is 5.41. The molecule has 8 heteroatoms. The molecule has 0 bridgehead atoms. The summed E-state index contributed by atoms with van der Waals surface area (Å²) >= 11 is 0. The van der Waals surface area contributed by atoms with Gasteiger partial charge in [0.25, 0.3) is 0 Å². The van der Waals surface area contributed by atoms with Gasteiger partial charge in [-0.1, -0.05) is 19.1 Å². The van der Waals surface area contributed by atoms with E-state index in [-0.39, 0.29) is 12.6 Å². The van der Waals surface area contributed by atoms with E-state index >= 15 is 0 Å². The molecule has 0 radical (unpaired) electrons. The lowest BCUT2D eigenvalue weighted by Gasteiger charge is -2.20. The molecule has 4 atom stereocenters. The van der Waals surface area contributed by atoms with Crippen molar-refractivity contribution in [1.82, 2.24) is 25.2 Å². The summed E-state index contributed by atoms with van der Waals surface area (Å²) in [5.74, 6) is 0. The van der Waals surface area contributed by atoms with E-state index in [0.29, 0.717) is 6.54 Å². The highest BCUT2D eigenvalue weighted by atomic mass is 16.3. The SMILES string of the molecule is CCN(CC)Cc1cnnn1C[C@H]1N[C@H](CO)[C@@H](O)[C@@H]1O. The Morgan fingerprint density at radius 1 is 1.24 bits per heavy atom. The summed E-state index contributed by atoms with van der Waals surface area (Å²) in [5.41, 5.74) is 0.967. The first-order valence-electron chi connectivity index (χ1n) is 7.43. The molecule has 1 aliphatic heterocycles. The minimum absolute atomic E-state index is 0.210. The average molecular weight is 299 g/mol. The van der Waals surface area contributed by atoms with Gasteiger partial charge in [0.15, 0.2) is 0 Å². The van der Waals surface area contributed by atoms with Gasteiger partial charge < -0.3 is 20.6 Å². The van der Waals surface area contributed by atoms with Crippen molar-refractivity contribution in [3.8, 4) is 0 Å². The molecule has 4 N–H and O–H groups in total. The van der Waals surface area contributed by atoms with E-state index in [1.165, 1.54) is 0 Å². The summed E-state index contributed by atoms with van der Waals surface area (Å²) in [6.45, 7) is 7.03. The summed E-state index contributed by atoms with van der Waals surface area (Å²) in [6, 6.07) is -0.853. The first-order valence-corrected chi connectivity index (χ1v) is 7.43. The summed E-state index contributed by atoms with van der Waals surface area (Å²) in [5, 5.41) is 40.0.